The van der Waals surface area contributed by atoms with E-state index in [9.17, 15) is 4.79 Å². The van der Waals surface area contributed by atoms with Crippen LogP contribution in [0.1, 0.15) is 6.92 Å². The van der Waals surface area contributed by atoms with Gasteiger partial charge < -0.3 is 17.1 Å². The van der Waals surface area contributed by atoms with E-state index in [1.54, 1.807) is 0 Å². The van der Waals surface area contributed by atoms with Crippen LogP contribution in [0, 0.1) is 0 Å². The number of quaternary nitrogens is 1. The highest BCUT2D eigenvalue weighted by Gasteiger charge is 2.37. The molecule has 1 heterocycles. The molecule has 60 valence electrons. The van der Waals surface area contributed by atoms with Crippen LogP contribution in [0.3, 0.4) is 0 Å². The summed E-state index contributed by atoms with van der Waals surface area (Å²) < 4.78 is 5.20. The second kappa shape index (κ2) is 2.64. The van der Waals surface area contributed by atoms with Crippen LogP contribution in [0.25, 0.3) is 0 Å². The fourth-order valence-electron chi connectivity index (χ4n) is 0.639. The molecule has 0 aromatic carbocycles. The van der Waals surface area contributed by atoms with E-state index in [0.29, 0.717) is 4.59 Å². The lowest BCUT2D eigenvalue weighted by molar-refractivity contribution is -0.949. The van der Waals surface area contributed by atoms with Crippen LogP contribution in [0.4, 0.5) is 4.79 Å². The molecule has 1 rings (SSSR count). The molecule has 4 nitrogen and oxygen atoms in total. The average molecular weight is 167 g/mol. The predicted molar refractivity (Wildman–Crippen MR) is 31.2 cm³/mol. The van der Waals surface area contributed by atoms with E-state index in [1.165, 1.54) is 0 Å². The van der Waals surface area contributed by atoms with Gasteiger partial charge in [0.1, 0.15) is 0 Å². The highest BCUT2D eigenvalue weighted by Crippen LogP contribution is 2.10. The minimum atomic E-state index is -0.340. The Morgan fingerprint density at radius 2 is 2.10 bits per heavy atom. The zero-order chi connectivity index (χ0) is 7.07. The third-order valence-corrected chi connectivity index (χ3v) is 1.57. The number of cyclic esters (lactones) is 1. The number of hydrogen-bond acceptors (Lipinski definition) is 2. The van der Waals surface area contributed by atoms with Gasteiger partial charge in [0, 0.05) is 6.92 Å². The minimum Gasteiger partial charge on any atom is -1.00 e. The predicted octanol–water partition coefficient (Wildman–Crippen LogP) is -2.93. The average Bonchev–Trinajstić information content (AvgIpc) is 1.79. The Morgan fingerprint density at radius 1 is 1.60 bits per heavy atom. The van der Waals surface area contributed by atoms with Crippen LogP contribution in [-0.4, -0.2) is 31.0 Å². The van der Waals surface area contributed by atoms with Gasteiger partial charge >= 0.3 is 6.09 Å². The zero-order valence-electron chi connectivity index (χ0n) is 6.22. The Hall–Kier alpha value is -0.480. The van der Waals surface area contributed by atoms with Gasteiger partial charge in [-0.2, -0.15) is 10.0 Å². The summed E-state index contributed by atoms with van der Waals surface area (Å²) in [7, 11) is 3.74. The maximum absolute atomic E-state index is 10.5. The van der Waals surface area contributed by atoms with Crippen molar-refractivity contribution in [3.8, 4) is 0 Å². The highest BCUT2D eigenvalue weighted by molar-refractivity contribution is 5.66. The number of halogens is 1. The lowest BCUT2D eigenvalue weighted by Gasteiger charge is -2.22. The third kappa shape index (κ3) is 1.52. The molecule has 0 aromatic rings. The molecule has 1 N–H and O–H groups in total. The Kier molecular flexibility index (Phi) is 2.51. The molecular formula is C5H11ClN2O2. The van der Waals surface area contributed by atoms with E-state index in [1.807, 2.05) is 21.0 Å². The van der Waals surface area contributed by atoms with E-state index in [-0.39, 0.29) is 24.7 Å². The van der Waals surface area contributed by atoms with Gasteiger partial charge in [0.05, 0.1) is 14.1 Å². The van der Waals surface area contributed by atoms with E-state index in [2.05, 4.69) is 5.43 Å². The first kappa shape index (κ1) is 9.52. The SMILES string of the molecule is CC1OC(=O)N[N+]1(C)C.[Cl-]. The first-order chi connectivity index (χ1) is 4.02. The van der Waals surface area contributed by atoms with E-state index in [4.69, 9.17) is 4.74 Å². The molecular weight excluding hydrogens is 156 g/mol. The van der Waals surface area contributed by atoms with Gasteiger partial charge in [-0.3, -0.25) is 0 Å². The van der Waals surface area contributed by atoms with Crippen molar-refractivity contribution in [3.63, 3.8) is 0 Å². The number of carbonyl (C=O) groups is 1. The van der Waals surface area contributed by atoms with Crippen LogP contribution < -0.4 is 17.8 Å². The molecule has 0 aromatic heterocycles. The quantitative estimate of drug-likeness (QED) is 0.392. The fourth-order valence-corrected chi connectivity index (χ4v) is 0.639. The van der Waals surface area contributed by atoms with Crippen molar-refractivity contribution >= 4 is 6.09 Å². The van der Waals surface area contributed by atoms with Crippen LogP contribution in [0.5, 0.6) is 0 Å². The lowest BCUT2D eigenvalue weighted by Crippen LogP contribution is -3.00. The van der Waals surface area contributed by atoms with Crippen LogP contribution >= 0.6 is 0 Å². The number of nitrogens with zero attached hydrogens (tertiary/aromatic N) is 1. The van der Waals surface area contributed by atoms with Gasteiger partial charge in [-0.15, -0.1) is 0 Å². The number of rotatable bonds is 0. The molecule has 0 spiro atoms. The molecule has 5 heteroatoms. The molecule has 0 bridgehead atoms. The second-order valence-corrected chi connectivity index (χ2v) is 2.66. The molecule has 1 atom stereocenters. The summed E-state index contributed by atoms with van der Waals surface area (Å²) in [4.78, 5) is 10.5. The monoisotopic (exact) mass is 166 g/mol. The molecule has 1 fully saturated rings. The molecule has 1 aliphatic rings. The Labute approximate surface area is 66.1 Å². The first-order valence-electron chi connectivity index (χ1n) is 2.85. The number of amides is 1. The van der Waals surface area contributed by atoms with Crippen LogP contribution in [0.2, 0.25) is 0 Å². The summed E-state index contributed by atoms with van der Waals surface area (Å²) in [6.45, 7) is 1.85. The number of carbonyl (C=O) groups excluding carboxylic acids is 1. The topological polar surface area (TPSA) is 38.3 Å². The van der Waals surface area contributed by atoms with Gasteiger partial charge in [0.2, 0.25) is 0 Å². The Bertz CT molecular complexity index is 149. The summed E-state index contributed by atoms with van der Waals surface area (Å²) >= 11 is 0. The number of nitrogens with one attached hydrogen (secondary N) is 1. The Morgan fingerprint density at radius 3 is 2.20 bits per heavy atom. The van der Waals surface area contributed by atoms with Gasteiger partial charge in [-0.1, -0.05) is 0 Å². The number of hydrogen-bond donors (Lipinski definition) is 1. The van der Waals surface area contributed by atoms with Gasteiger partial charge in [-0.05, 0) is 0 Å². The Balaban J connectivity index is 0.000000810. The first-order valence-corrected chi connectivity index (χ1v) is 2.85. The molecule has 0 saturated carbocycles. The van der Waals surface area contributed by atoms with Gasteiger partial charge in [0.15, 0.2) is 0 Å². The second-order valence-electron chi connectivity index (χ2n) is 2.66. The van der Waals surface area contributed by atoms with E-state index in [0.717, 1.165) is 0 Å². The summed E-state index contributed by atoms with van der Waals surface area (Å²) in [6.07, 6.45) is -0.426. The summed E-state index contributed by atoms with van der Waals surface area (Å²) in [5.74, 6) is 0. The van der Waals surface area contributed by atoms with Crippen molar-refractivity contribution in [1.29, 1.82) is 0 Å². The standard InChI is InChI=1S/C5H10N2O2.ClH/c1-4-7(2,3)6-5(8)9-4;/h4H,1-3H3;1H. The normalized spacial score (nSPS) is 28.3. The maximum Gasteiger partial charge on any atom is 0.456 e. The molecule has 1 aliphatic heterocycles. The molecule has 10 heavy (non-hydrogen) atoms. The van der Waals surface area contributed by atoms with Gasteiger partial charge in [-0.25, -0.2) is 4.79 Å². The van der Waals surface area contributed by atoms with Crippen molar-refractivity contribution in [3.05, 3.63) is 0 Å². The van der Waals surface area contributed by atoms with E-state index >= 15 is 0 Å². The summed E-state index contributed by atoms with van der Waals surface area (Å²) in [5.41, 5.74) is 2.62. The van der Waals surface area contributed by atoms with Crippen LogP contribution in [-0.2, 0) is 4.74 Å². The van der Waals surface area contributed by atoms with Crippen molar-refractivity contribution in [1.82, 2.24) is 5.43 Å². The van der Waals surface area contributed by atoms with Crippen molar-refractivity contribution in [2.75, 3.05) is 14.1 Å². The van der Waals surface area contributed by atoms with E-state index < -0.39 is 0 Å². The fraction of sp³-hybridized carbons (Fsp3) is 0.800. The van der Waals surface area contributed by atoms with Crippen molar-refractivity contribution in [2.24, 2.45) is 0 Å². The summed E-state index contributed by atoms with van der Waals surface area (Å²) in [5, 5.41) is 0. The minimum absolute atomic E-state index is 0. The molecule has 0 aliphatic carbocycles. The maximum atomic E-state index is 10.5. The lowest BCUT2D eigenvalue weighted by atomic mass is 10.6. The zero-order valence-corrected chi connectivity index (χ0v) is 6.97. The molecule has 0 radical (unpaired) electrons. The third-order valence-electron chi connectivity index (χ3n) is 1.57. The highest BCUT2D eigenvalue weighted by atomic mass is 35.5. The number of ether oxygens (including phenoxy) is 1. The molecule has 1 amide bonds. The largest absolute Gasteiger partial charge is 1.00 e. The smallest absolute Gasteiger partial charge is 0.456 e. The van der Waals surface area contributed by atoms with Crippen molar-refractivity contribution < 1.29 is 26.5 Å². The summed E-state index contributed by atoms with van der Waals surface area (Å²) in [6, 6.07) is 0. The van der Waals surface area contributed by atoms with Crippen molar-refractivity contribution in [2.45, 2.75) is 13.2 Å². The molecule has 1 unspecified atom stereocenters. The van der Waals surface area contributed by atoms with Gasteiger partial charge in [0.25, 0.3) is 6.23 Å². The van der Waals surface area contributed by atoms with Crippen LogP contribution in [0.15, 0.2) is 0 Å². The molecule has 1 saturated heterocycles.